The van der Waals surface area contributed by atoms with Gasteiger partial charge in [0.25, 0.3) is 0 Å². The SMILES string of the molecule is Clc1c[c]c(Oc2cccc(Cl)c2Cl)cc1Cl. The number of rotatable bonds is 2. The first-order chi connectivity index (χ1) is 8.08. The lowest BCUT2D eigenvalue weighted by molar-refractivity contribution is 0.482. The van der Waals surface area contributed by atoms with Gasteiger partial charge in [0.15, 0.2) is 0 Å². The van der Waals surface area contributed by atoms with E-state index in [2.05, 4.69) is 6.07 Å². The molecule has 0 amide bonds. The predicted molar refractivity (Wildman–Crippen MR) is 71.8 cm³/mol. The minimum atomic E-state index is 0.341. The molecule has 0 aliphatic carbocycles. The van der Waals surface area contributed by atoms with E-state index in [4.69, 9.17) is 51.1 Å². The van der Waals surface area contributed by atoms with Crippen LogP contribution >= 0.6 is 46.4 Å². The molecule has 0 heterocycles. The van der Waals surface area contributed by atoms with Gasteiger partial charge in [0.1, 0.15) is 16.5 Å². The summed E-state index contributed by atoms with van der Waals surface area (Å²) in [6, 6.07) is 11.0. The molecule has 17 heavy (non-hydrogen) atoms. The highest BCUT2D eigenvalue weighted by molar-refractivity contribution is 6.43. The zero-order valence-electron chi connectivity index (χ0n) is 8.31. The van der Waals surface area contributed by atoms with Crippen molar-refractivity contribution in [2.75, 3.05) is 0 Å². The Hall–Kier alpha value is -0.600. The Morgan fingerprint density at radius 2 is 1.71 bits per heavy atom. The van der Waals surface area contributed by atoms with Gasteiger partial charge in [-0.25, -0.2) is 0 Å². The van der Waals surface area contributed by atoms with Gasteiger partial charge in [-0.05, 0) is 18.2 Å². The summed E-state index contributed by atoms with van der Waals surface area (Å²) in [4.78, 5) is 0. The van der Waals surface area contributed by atoms with E-state index in [0.29, 0.717) is 31.6 Å². The maximum Gasteiger partial charge on any atom is 0.147 e. The molecule has 0 spiro atoms. The molecule has 0 N–H and O–H groups in total. The summed E-state index contributed by atoms with van der Waals surface area (Å²) in [5, 5.41) is 1.56. The van der Waals surface area contributed by atoms with Gasteiger partial charge in [-0.1, -0.05) is 52.5 Å². The van der Waals surface area contributed by atoms with E-state index < -0.39 is 0 Å². The van der Waals surface area contributed by atoms with Gasteiger partial charge in [0.05, 0.1) is 15.1 Å². The average Bonchev–Trinajstić information content (AvgIpc) is 2.30. The molecule has 0 aliphatic heterocycles. The quantitative estimate of drug-likeness (QED) is 0.672. The number of hydrogen-bond donors (Lipinski definition) is 0. The largest absolute Gasteiger partial charge is 0.455 e. The van der Waals surface area contributed by atoms with Crippen molar-refractivity contribution in [3.05, 3.63) is 56.5 Å². The zero-order valence-corrected chi connectivity index (χ0v) is 11.3. The maximum absolute atomic E-state index is 5.98. The number of halogens is 4. The molecule has 1 nitrogen and oxygen atoms in total. The lowest BCUT2D eigenvalue weighted by Crippen LogP contribution is -1.86. The van der Waals surface area contributed by atoms with Gasteiger partial charge in [-0.2, -0.15) is 0 Å². The summed E-state index contributed by atoms with van der Waals surface area (Å²) in [6.07, 6.45) is 0. The van der Waals surface area contributed by atoms with Crippen LogP contribution in [-0.4, -0.2) is 0 Å². The smallest absolute Gasteiger partial charge is 0.147 e. The Bertz CT molecular complexity index is 554. The van der Waals surface area contributed by atoms with Crippen LogP contribution in [0.2, 0.25) is 20.1 Å². The first-order valence-corrected chi connectivity index (χ1v) is 6.07. The highest BCUT2D eigenvalue weighted by atomic mass is 35.5. The molecule has 0 aromatic heterocycles. The molecule has 0 saturated heterocycles. The summed E-state index contributed by atoms with van der Waals surface area (Å²) >= 11 is 23.5. The lowest BCUT2D eigenvalue weighted by Gasteiger charge is -2.08. The molecule has 0 fully saturated rings. The molecule has 0 aliphatic rings. The number of ether oxygens (including phenoxy) is 1. The molecular formula is C12H5Cl4O. The van der Waals surface area contributed by atoms with Crippen LogP contribution in [0.5, 0.6) is 11.5 Å². The van der Waals surface area contributed by atoms with Gasteiger partial charge in [0.2, 0.25) is 0 Å². The second-order valence-corrected chi connectivity index (χ2v) is 4.75. The third-order valence-corrected chi connectivity index (χ3v) is 3.49. The highest BCUT2D eigenvalue weighted by Crippen LogP contribution is 2.35. The Morgan fingerprint density at radius 3 is 2.41 bits per heavy atom. The predicted octanol–water partition coefficient (Wildman–Crippen LogP) is 5.89. The van der Waals surface area contributed by atoms with Crippen molar-refractivity contribution >= 4 is 46.4 Å². The van der Waals surface area contributed by atoms with Crippen molar-refractivity contribution in [3.8, 4) is 11.5 Å². The summed E-state index contributed by atoms with van der Waals surface area (Å²) in [5.41, 5.74) is 0. The minimum Gasteiger partial charge on any atom is -0.455 e. The molecule has 0 saturated carbocycles. The number of hydrogen-bond acceptors (Lipinski definition) is 1. The topological polar surface area (TPSA) is 9.23 Å². The van der Waals surface area contributed by atoms with Crippen LogP contribution in [0, 0.1) is 6.07 Å². The van der Waals surface area contributed by atoms with E-state index in [0.717, 1.165) is 0 Å². The molecule has 1 radical (unpaired) electrons. The molecule has 2 aromatic rings. The van der Waals surface area contributed by atoms with Crippen molar-refractivity contribution in [3.63, 3.8) is 0 Å². The van der Waals surface area contributed by atoms with Crippen LogP contribution in [0.4, 0.5) is 0 Å². The minimum absolute atomic E-state index is 0.341. The standard InChI is InChI=1S/C12H5Cl4O/c13-8-5-4-7(6-10(8)15)17-11-3-1-2-9(14)12(11)16/h1-3,5-6H. The van der Waals surface area contributed by atoms with Crippen molar-refractivity contribution in [1.29, 1.82) is 0 Å². The molecule has 5 heteroatoms. The Balaban J connectivity index is 2.31. The van der Waals surface area contributed by atoms with Gasteiger partial charge in [-0.3, -0.25) is 0 Å². The van der Waals surface area contributed by atoms with Crippen molar-refractivity contribution in [2.24, 2.45) is 0 Å². The van der Waals surface area contributed by atoms with Gasteiger partial charge in [0, 0.05) is 12.1 Å². The van der Waals surface area contributed by atoms with Crippen molar-refractivity contribution < 1.29 is 4.74 Å². The fourth-order valence-corrected chi connectivity index (χ4v) is 1.76. The van der Waals surface area contributed by atoms with Crippen LogP contribution in [0.25, 0.3) is 0 Å². The second-order valence-electron chi connectivity index (χ2n) is 3.15. The van der Waals surface area contributed by atoms with E-state index in [1.165, 1.54) is 6.07 Å². The third kappa shape index (κ3) is 2.99. The molecular weight excluding hydrogens is 302 g/mol. The van der Waals surface area contributed by atoms with Crippen molar-refractivity contribution in [2.45, 2.75) is 0 Å². The summed E-state index contributed by atoms with van der Waals surface area (Å²) < 4.78 is 5.51. The molecule has 0 unspecified atom stereocenters. The van der Waals surface area contributed by atoms with Crippen LogP contribution in [0.15, 0.2) is 30.3 Å². The third-order valence-electron chi connectivity index (χ3n) is 1.96. The van der Waals surface area contributed by atoms with Crippen LogP contribution < -0.4 is 4.74 Å². The van der Waals surface area contributed by atoms with Gasteiger partial charge in [-0.15, -0.1) is 0 Å². The summed E-state index contributed by atoms with van der Waals surface area (Å²) in [7, 11) is 0. The Morgan fingerprint density at radius 1 is 0.941 bits per heavy atom. The first-order valence-electron chi connectivity index (χ1n) is 4.56. The molecule has 2 rings (SSSR count). The monoisotopic (exact) mass is 305 g/mol. The van der Waals surface area contributed by atoms with E-state index in [1.807, 2.05) is 0 Å². The van der Waals surface area contributed by atoms with E-state index in [9.17, 15) is 0 Å². The molecule has 0 atom stereocenters. The second kappa shape index (κ2) is 5.36. The van der Waals surface area contributed by atoms with Crippen LogP contribution in [-0.2, 0) is 0 Å². The lowest BCUT2D eigenvalue weighted by atomic mass is 10.3. The highest BCUT2D eigenvalue weighted by Gasteiger charge is 2.08. The van der Waals surface area contributed by atoms with Crippen LogP contribution in [0.3, 0.4) is 0 Å². The number of benzene rings is 2. The van der Waals surface area contributed by atoms with E-state index in [1.54, 1.807) is 24.3 Å². The molecule has 2 aromatic carbocycles. The van der Waals surface area contributed by atoms with Gasteiger partial charge >= 0.3 is 0 Å². The van der Waals surface area contributed by atoms with Crippen molar-refractivity contribution in [1.82, 2.24) is 0 Å². The normalized spacial score (nSPS) is 10.4. The summed E-state index contributed by atoms with van der Waals surface area (Å²) in [6.45, 7) is 0. The summed E-state index contributed by atoms with van der Waals surface area (Å²) in [5.74, 6) is 0.859. The van der Waals surface area contributed by atoms with E-state index in [-0.39, 0.29) is 0 Å². The first kappa shape index (κ1) is 12.8. The van der Waals surface area contributed by atoms with Gasteiger partial charge < -0.3 is 4.74 Å². The zero-order chi connectivity index (χ0) is 12.4. The Kier molecular flexibility index (Phi) is 4.05. The average molecular weight is 307 g/mol. The molecule has 87 valence electrons. The Labute approximate surface area is 119 Å². The maximum atomic E-state index is 5.98. The molecule has 0 bridgehead atoms. The van der Waals surface area contributed by atoms with E-state index >= 15 is 0 Å². The fraction of sp³-hybridized carbons (Fsp3) is 0. The van der Waals surface area contributed by atoms with Crippen LogP contribution in [0.1, 0.15) is 0 Å². The fourth-order valence-electron chi connectivity index (χ4n) is 1.17.